The molecule has 3 heterocycles. The van der Waals surface area contributed by atoms with Crippen LogP contribution >= 0.6 is 0 Å². The number of aromatic nitrogens is 2. The Bertz CT molecular complexity index is 2440. The first-order valence-electron chi connectivity index (χ1n) is 13.9. The molecule has 4 nitrogen and oxygen atoms in total. The van der Waals surface area contributed by atoms with E-state index in [2.05, 4.69) is 77.4 Å². The fourth-order valence-electron chi connectivity index (χ4n) is 6.68. The van der Waals surface area contributed by atoms with E-state index < -0.39 is 16.0 Å². The topological polar surface area (TPSA) is 44.0 Å². The molecule has 198 valence electrons. The van der Waals surface area contributed by atoms with Gasteiger partial charge in [-0.2, -0.15) is 0 Å². The molecular weight excluding hydrogens is 536 g/mol. The molecule has 2 aromatic heterocycles. The molecule has 0 N–H and O–H groups in total. The van der Waals surface area contributed by atoms with E-state index in [1.54, 1.807) is 4.57 Å². The van der Waals surface area contributed by atoms with Gasteiger partial charge < -0.3 is 4.57 Å². The zero-order chi connectivity index (χ0) is 27.9. The monoisotopic (exact) mass is 558 g/mol. The molecule has 0 saturated carbocycles. The molecule has 6 aromatic carbocycles. The van der Waals surface area contributed by atoms with Crippen LogP contribution in [-0.2, 0) is 10.8 Å². The van der Waals surface area contributed by atoms with Gasteiger partial charge in [-0.1, -0.05) is 84.9 Å². The van der Waals surface area contributed by atoms with Gasteiger partial charge in [0.2, 0.25) is 0 Å². The maximum Gasteiger partial charge on any atom is 0.325 e. The molecule has 8 aromatic rings. The van der Waals surface area contributed by atoms with Gasteiger partial charge in [0.25, 0.3) is 0 Å². The molecule has 0 saturated heterocycles. The van der Waals surface area contributed by atoms with Crippen molar-refractivity contribution in [1.29, 1.82) is 0 Å². The summed E-state index contributed by atoms with van der Waals surface area (Å²) in [5.41, 5.74) is 8.59. The number of nitrogens with zero attached hydrogens (tertiary/aromatic N) is 2. The van der Waals surface area contributed by atoms with E-state index in [1.807, 2.05) is 60.7 Å². The summed E-state index contributed by atoms with van der Waals surface area (Å²) in [7, 11) is -1.87. The van der Waals surface area contributed by atoms with E-state index in [-0.39, 0.29) is 0 Å². The SMILES string of the molecule is O=C1n2c3cc4c(cc3c3cc(-c5ccccc5)cc(c32)-c2ccccc2S1=O)c1ccccc1n4-c1ccccc1. The van der Waals surface area contributed by atoms with Crippen LogP contribution in [0.1, 0.15) is 0 Å². The van der Waals surface area contributed by atoms with Crippen LogP contribution in [0.15, 0.2) is 138 Å². The second-order valence-corrected chi connectivity index (χ2v) is 12.1. The van der Waals surface area contributed by atoms with Crippen molar-refractivity contribution < 1.29 is 9.00 Å². The Balaban J connectivity index is 1.50. The maximum absolute atomic E-state index is 14.1. The Morgan fingerprint density at radius 3 is 1.98 bits per heavy atom. The summed E-state index contributed by atoms with van der Waals surface area (Å²) in [6, 6.07) is 45.2. The molecule has 0 bridgehead atoms. The minimum absolute atomic E-state index is 0.421. The van der Waals surface area contributed by atoms with Gasteiger partial charge >= 0.3 is 5.24 Å². The van der Waals surface area contributed by atoms with Crippen molar-refractivity contribution in [3.05, 3.63) is 133 Å². The number of benzene rings is 6. The summed E-state index contributed by atoms with van der Waals surface area (Å²) < 4.78 is 17.8. The van der Waals surface area contributed by atoms with Gasteiger partial charge in [0.15, 0.2) is 0 Å². The van der Waals surface area contributed by atoms with Crippen LogP contribution in [0.5, 0.6) is 0 Å². The highest BCUT2D eigenvalue weighted by Crippen LogP contribution is 2.45. The van der Waals surface area contributed by atoms with Crippen LogP contribution in [0.25, 0.3) is 71.6 Å². The molecule has 1 aliphatic rings. The molecule has 0 amide bonds. The summed E-state index contributed by atoms with van der Waals surface area (Å²) in [5.74, 6) is 0. The summed E-state index contributed by atoms with van der Waals surface area (Å²) >= 11 is 0. The lowest BCUT2D eigenvalue weighted by atomic mass is 9.95. The Morgan fingerprint density at radius 1 is 0.476 bits per heavy atom. The van der Waals surface area contributed by atoms with Crippen molar-refractivity contribution in [2.45, 2.75) is 4.90 Å². The van der Waals surface area contributed by atoms with Crippen LogP contribution in [0, 0.1) is 0 Å². The number of fused-ring (bicyclic) bond motifs is 8. The number of carbonyl (C=O) groups is 1. The van der Waals surface area contributed by atoms with Crippen LogP contribution < -0.4 is 0 Å². The van der Waals surface area contributed by atoms with Gasteiger partial charge in [-0.15, -0.1) is 0 Å². The van der Waals surface area contributed by atoms with E-state index in [0.717, 1.165) is 71.6 Å². The average molecular weight is 559 g/mol. The van der Waals surface area contributed by atoms with E-state index in [4.69, 9.17) is 0 Å². The smallest absolute Gasteiger partial charge is 0.309 e. The first-order valence-corrected chi connectivity index (χ1v) is 15.1. The predicted octanol–water partition coefficient (Wildman–Crippen LogP) is 9.31. The highest BCUT2D eigenvalue weighted by molar-refractivity contribution is 8.00. The van der Waals surface area contributed by atoms with E-state index >= 15 is 0 Å². The maximum atomic E-state index is 14.1. The third kappa shape index (κ3) is 3.11. The van der Waals surface area contributed by atoms with Gasteiger partial charge in [-0.05, 0) is 59.7 Å². The highest BCUT2D eigenvalue weighted by atomic mass is 32.2. The fourth-order valence-corrected chi connectivity index (χ4v) is 7.80. The lowest BCUT2D eigenvalue weighted by molar-refractivity contribution is 0.262. The molecule has 0 fully saturated rings. The molecule has 0 radical (unpaired) electrons. The summed E-state index contributed by atoms with van der Waals surface area (Å²) in [6.45, 7) is 0. The molecule has 5 heteroatoms. The van der Waals surface area contributed by atoms with Gasteiger partial charge in [-0.25, -0.2) is 4.21 Å². The Morgan fingerprint density at radius 2 is 1.14 bits per heavy atom. The van der Waals surface area contributed by atoms with Crippen molar-refractivity contribution in [2.75, 3.05) is 0 Å². The lowest BCUT2D eigenvalue weighted by Crippen LogP contribution is -2.14. The van der Waals surface area contributed by atoms with E-state index in [1.165, 1.54) is 0 Å². The molecule has 42 heavy (non-hydrogen) atoms. The minimum Gasteiger partial charge on any atom is -0.309 e. The molecular formula is C37H22N2O2S. The summed E-state index contributed by atoms with van der Waals surface area (Å²) in [4.78, 5) is 14.7. The van der Waals surface area contributed by atoms with Crippen molar-refractivity contribution in [3.63, 3.8) is 0 Å². The molecule has 1 atom stereocenters. The van der Waals surface area contributed by atoms with Gasteiger partial charge in [0, 0.05) is 38.4 Å². The number of carbonyl (C=O) groups excluding carboxylic acids is 1. The Labute approximate surface area is 243 Å². The van der Waals surface area contributed by atoms with E-state index in [9.17, 15) is 9.00 Å². The summed E-state index contributed by atoms with van der Waals surface area (Å²) in [6.07, 6.45) is 0. The Hall–Kier alpha value is -5.26. The van der Waals surface area contributed by atoms with Crippen LogP contribution in [0.2, 0.25) is 0 Å². The molecule has 9 rings (SSSR count). The highest BCUT2D eigenvalue weighted by Gasteiger charge is 2.31. The standard InChI is InChI=1S/C37H22N2O2S/c40-37-39-34-22-33-28(26-15-7-9-17-32(26)38(33)25-13-5-2-6-14-25)21-29(34)31-20-24(23-11-3-1-4-12-23)19-30(36(31)39)27-16-8-10-18-35(27)42(37)41/h1-22H. The summed E-state index contributed by atoms with van der Waals surface area (Å²) in [5, 5.41) is 3.78. The molecule has 0 aliphatic carbocycles. The average Bonchev–Trinajstić information content (AvgIpc) is 3.52. The lowest BCUT2D eigenvalue weighted by Gasteiger charge is -2.10. The van der Waals surface area contributed by atoms with Crippen molar-refractivity contribution in [1.82, 2.24) is 9.13 Å². The second-order valence-electron chi connectivity index (χ2n) is 10.7. The second kappa shape index (κ2) is 8.62. The normalized spacial score (nSPS) is 14.6. The number of hydrogen-bond acceptors (Lipinski definition) is 2. The van der Waals surface area contributed by atoms with Crippen molar-refractivity contribution in [3.8, 4) is 27.9 Å². The van der Waals surface area contributed by atoms with Crippen molar-refractivity contribution >= 4 is 59.7 Å². The zero-order valence-corrected chi connectivity index (χ0v) is 23.1. The van der Waals surface area contributed by atoms with Gasteiger partial charge in [0.1, 0.15) is 10.8 Å². The Kier molecular flexibility index (Phi) is 4.81. The van der Waals surface area contributed by atoms with Gasteiger partial charge in [-0.3, -0.25) is 9.36 Å². The zero-order valence-electron chi connectivity index (χ0n) is 22.3. The molecule has 0 spiro atoms. The first kappa shape index (κ1) is 23.4. The van der Waals surface area contributed by atoms with Crippen LogP contribution in [0.4, 0.5) is 4.79 Å². The largest absolute Gasteiger partial charge is 0.325 e. The van der Waals surface area contributed by atoms with E-state index in [0.29, 0.717) is 4.90 Å². The number of para-hydroxylation sites is 2. The number of hydrogen-bond donors (Lipinski definition) is 0. The fraction of sp³-hybridized carbons (Fsp3) is 0. The van der Waals surface area contributed by atoms with Crippen molar-refractivity contribution in [2.24, 2.45) is 0 Å². The van der Waals surface area contributed by atoms with Crippen LogP contribution in [0.3, 0.4) is 0 Å². The first-order chi connectivity index (χ1) is 20.7. The predicted molar refractivity (Wildman–Crippen MR) is 172 cm³/mol. The van der Waals surface area contributed by atoms with Gasteiger partial charge in [0.05, 0.1) is 27.0 Å². The molecule has 1 unspecified atom stereocenters. The number of rotatable bonds is 2. The van der Waals surface area contributed by atoms with Crippen LogP contribution in [-0.4, -0.2) is 18.6 Å². The molecule has 1 aliphatic heterocycles. The third-order valence-corrected chi connectivity index (χ3v) is 9.75. The minimum atomic E-state index is -1.87. The third-order valence-electron chi connectivity index (χ3n) is 8.49. The quantitative estimate of drug-likeness (QED) is 0.212.